The van der Waals surface area contributed by atoms with Crippen LogP contribution in [-0.4, -0.2) is 23.4 Å². The molecule has 3 heteroatoms. The summed E-state index contributed by atoms with van der Waals surface area (Å²) in [6.07, 6.45) is -3.57. The Morgan fingerprint density at radius 3 is 1.38 bits per heavy atom. The highest BCUT2D eigenvalue weighted by atomic mass is 16.4. The van der Waals surface area contributed by atoms with Crippen LogP contribution >= 0.6 is 0 Å². The molecular weight excluding hydrogens is 108 g/mol. The second-order valence-corrected chi connectivity index (χ2v) is 1.90. The Hall–Kier alpha value is -0.120. The first-order valence-electron chi connectivity index (χ1n) is 2.55. The van der Waals surface area contributed by atoms with Crippen LogP contribution in [0.15, 0.2) is 0 Å². The van der Waals surface area contributed by atoms with Gasteiger partial charge in [-0.25, -0.2) is 0 Å². The molecule has 0 amide bonds. The number of hydrogen-bond acceptors (Lipinski definition) is 3. The molecule has 0 aliphatic carbocycles. The summed E-state index contributed by atoms with van der Waals surface area (Å²) in [7, 11) is 0. The summed E-state index contributed by atoms with van der Waals surface area (Å²) in [5.41, 5.74) is 0. The average Bonchev–Trinajstić information content (AvgIpc) is 1.64. The van der Waals surface area contributed by atoms with E-state index in [1.54, 1.807) is 0 Å². The van der Waals surface area contributed by atoms with Crippen LogP contribution in [0.1, 0.15) is 13.8 Å². The van der Waals surface area contributed by atoms with Gasteiger partial charge in [-0.15, -0.1) is 12.2 Å². The van der Waals surface area contributed by atoms with Crippen molar-refractivity contribution < 1.29 is 15.3 Å². The van der Waals surface area contributed by atoms with Crippen LogP contribution in [-0.2, 0) is 0 Å². The van der Waals surface area contributed by atoms with Crippen LogP contribution in [0.25, 0.3) is 0 Å². The molecule has 0 saturated heterocycles. The summed E-state index contributed by atoms with van der Waals surface area (Å²) in [5.74, 6) is 0. The Balaban J connectivity index is 3.46. The van der Waals surface area contributed by atoms with Crippen molar-refractivity contribution in [1.82, 2.24) is 0 Å². The molecule has 0 bridgehead atoms. The molecule has 0 saturated carbocycles. The standard InChI is InChI=1S/C5H10O3/c1-3(6)5(8)4(2)7/h3-5,8H,1-2H3/q-2. The van der Waals surface area contributed by atoms with Crippen molar-refractivity contribution in [3.05, 3.63) is 0 Å². The minimum Gasteiger partial charge on any atom is -0.850 e. The van der Waals surface area contributed by atoms with Gasteiger partial charge in [0.05, 0.1) is 0 Å². The van der Waals surface area contributed by atoms with Crippen LogP contribution in [0, 0.1) is 0 Å². The van der Waals surface area contributed by atoms with Gasteiger partial charge < -0.3 is 15.3 Å². The zero-order valence-electron chi connectivity index (χ0n) is 5.00. The quantitative estimate of drug-likeness (QED) is 0.449. The van der Waals surface area contributed by atoms with Gasteiger partial charge in [-0.05, 0) is 0 Å². The van der Waals surface area contributed by atoms with Gasteiger partial charge in [-0.1, -0.05) is 13.8 Å². The molecule has 2 unspecified atom stereocenters. The molecule has 0 aliphatic heterocycles. The summed E-state index contributed by atoms with van der Waals surface area (Å²) in [4.78, 5) is 0. The topological polar surface area (TPSA) is 66.3 Å². The van der Waals surface area contributed by atoms with Crippen molar-refractivity contribution in [2.24, 2.45) is 0 Å². The smallest absolute Gasteiger partial charge is 0.0286 e. The third-order valence-corrected chi connectivity index (χ3v) is 0.962. The van der Waals surface area contributed by atoms with E-state index >= 15 is 0 Å². The van der Waals surface area contributed by atoms with E-state index in [4.69, 9.17) is 5.11 Å². The molecule has 0 aromatic heterocycles. The maximum Gasteiger partial charge on any atom is 0.0286 e. The SMILES string of the molecule is CC([O-])C(O)C(C)[O-]. The predicted octanol–water partition coefficient (Wildman–Crippen LogP) is -2.16. The molecule has 0 fully saturated rings. The lowest BCUT2D eigenvalue weighted by atomic mass is 10.1. The number of aliphatic hydroxyl groups excluding tert-OH is 1. The average molecular weight is 118 g/mol. The van der Waals surface area contributed by atoms with E-state index in [0.717, 1.165) is 0 Å². The van der Waals surface area contributed by atoms with Gasteiger partial charge in [0.25, 0.3) is 0 Å². The highest BCUT2D eigenvalue weighted by Crippen LogP contribution is 1.90. The first-order chi connectivity index (χ1) is 3.55. The molecule has 2 atom stereocenters. The first-order valence-corrected chi connectivity index (χ1v) is 2.55. The Kier molecular flexibility index (Phi) is 2.97. The van der Waals surface area contributed by atoms with Gasteiger partial charge in [-0.2, -0.15) is 0 Å². The molecule has 0 heterocycles. The van der Waals surface area contributed by atoms with Gasteiger partial charge in [0.15, 0.2) is 0 Å². The van der Waals surface area contributed by atoms with E-state index < -0.39 is 18.3 Å². The number of hydrogen-bond donors (Lipinski definition) is 1. The number of rotatable bonds is 2. The molecule has 1 N–H and O–H groups in total. The van der Waals surface area contributed by atoms with E-state index in [1.807, 2.05) is 0 Å². The summed E-state index contributed by atoms with van der Waals surface area (Å²) in [5, 5.41) is 29.0. The second kappa shape index (κ2) is 3.02. The van der Waals surface area contributed by atoms with Gasteiger partial charge in [-0.3, -0.25) is 0 Å². The second-order valence-electron chi connectivity index (χ2n) is 1.90. The van der Waals surface area contributed by atoms with Crippen LogP contribution in [0.5, 0.6) is 0 Å². The molecule has 0 aromatic carbocycles. The molecule has 0 rings (SSSR count). The predicted molar refractivity (Wildman–Crippen MR) is 24.9 cm³/mol. The lowest BCUT2D eigenvalue weighted by molar-refractivity contribution is -0.483. The van der Waals surface area contributed by atoms with Gasteiger partial charge in [0, 0.05) is 6.10 Å². The summed E-state index contributed by atoms with van der Waals surface area (Å²) < 4.78 is 0. The van der Waals surface area contributed by atoms with Crippen molar-refractivity contribution in [3.8, 4) is 0 Å². The fraction of sp³-hybridized carbons (Fsp3) is 1.00. The summed E-state index contributed by atoms with van der Waals surface area (Å²) in [6.45, 7) is 2.55. The maximum absolute atomic E-state index is 10.2. The van der Waals surface area contributed by atoms with Crippen molar-refractivity contribution >= 4 is 0 Å². The van der Waals surface area contributed by atoms with E-state index in [2.05, 4.69) is 0 Å². The maximum atomic E-state index is 10.2. The highest BCUT2D eigenvalue weighted by Gasteiger charge is 2.01. The Bertz CT molecular complexity index is 52.7. The molecular formula is C5H10O3-2. The lowest BCUT2D eigenvalue weighted by Crippen LogP contribution is -2.47. The van der Waals surface area contributed by atoms with E-state index in [-0.39, 0.29) is 0 Å². The monoisotopic (exact) mass is 118 g/mol. The minimum absolute atomic E-state index is 1.16. The molecule has 50 valence electrons. The Labute approximate surface area is 48.6 Å². The van der Waals surface area contributed by atoms with Crippen molar-refractivity contribution in [2.45, 2.75) is 32.2 Å². The van der Waals surface area contributed by atoms with Crippen LogP contribution in [0.3, 0.4) is 0 Å². The Morgan fingerprint density at radius 1 is 1.12 bits per heavy atom. The molecule has 0 radical (unpaired) electrons. The van der Waals surface area contributed by atoms with Crippen LogP contribution in [0.2, 0.25) is 0 Å². The zero-order valence-corrected chi connectivity index (χ0v) is 5.00. The first kappa shape index (κ1) is 7.88. The largest absolute Gasteiger partial charge is 0.850 e. The van der Waals surface area contributed by atoms with Crippen molar-refractivity contribution in [1.29, 1.82) is 0 Å². The van der Waals surface area contributed by atoms with E-state index in [1.165, 1.54) is 13.8 Å². The zero-order chi connectivity index (χ0) is 6.73. The normalized spacial score (nSPS) is 22.1. The third kappa shape index (κ3) is 2.26. The third-order valence-electron chi connectivity index (χ3n) is 0.962. The Morgan fingerprint density at radius 2 is 1.38 bits per heavy atom. The number of aliphatic hydroxyl groups is 1. The molecule has 3 nitrogen and oxygen atoms in total. The van der Waals surface area contributed by atoms with Crippen molar-refractivity contribution in [3.63, 3.8) is 0 Å². The van der Waals surface area contributed by atoms with Crippen molar-refractivity contribution in [2.75, 3.05) is 0 Å². The van der Waals surface area contributed by atoms with Gasteiger partial charge in [0.1, 0.15) is 0 Å². The fourth-order valence-corrected chi connectivity index (χ4v) is 0.382. The molecule has 8 heavy (non-hydrogen) atoms. The van der Waals surface area contributed by atoms with E-state index in [0.29, 0.717) is 0 Å². The molecule has 0 aromatic rings. The summed E-state index contributed by atoms with van der Waals surface area (Å²) >= 11 is 0. The van der Waals surface area contributed by atoms with Crippen LogP contribution < -0.4 is 10.2 Å². The highest BCUT2D eigenvalue weighted by molar-refractivity contribution is 4.64. The minimum atomic E-state index is -1.24. The molecule has 0 spiro atoms. The lowest BCUT2D eigenvalue weighted by Gasteiger charge is -2.32. The van der Waals surface area contributed by atoms with Gasteiger partial charge in [0.2, 0.25) is 0 Å². The fourth-order valence-electron chi connectivity index (χ4n) is 0.382. The van der Waals surface area contributed by atoms with Gasteiger partial charge >= 0.3 is 0 Å². The molecule has 0 aliphatic rings. The van der Waals surface area contributed by atoms with Crippen LogP contribution in [0.4, 0.5) is 0 Å². The summed E-state index contributed by atoms with van der Waals surface area (Å²) in [6, 6.07) is 0. The van der Waals surface area contributed by atoms with E-state index in [9.17, 15) is 10.2 Å².